The van der Waals surface area contributed by atoms with Crippen molar-refractivity contribution in [2.24, 2.45) is 0 Å². The van der Waals surface area contributed by atoms with Crippen LogP contribution in [0.3, 0.4) is 0 Å². The molecular weight excluding hydrogens is 456 g/mol. The molecule has 190 valence electrons. The summed E-state index contributed by atoms with van der Waals surface area (Å²) in [6.45, 7) is 4.81. The van der Waals surface area contributed by atoms with Crippen molar-refractivity contribution in [3.8, 4) is 0 Å². The molecule has 5 N–H and O–H groups in total. The Balaban J connectivity index is 1.57. The Bertz CT molecular complexity index is 1310. The van der Waals surface area contributed by atoms with Crippen molar-refractivity contribution in [2.45, 2.75) is 38.8 Å². The van der Waals surface area contributed by atoms with Crippen molar-refractivity contribution < 1.29 is 14.4 Å². The standard InChI is InChI=1S/C27H34N6O3/c1-27(2)25(35)33(26(36)31-27)14-11-17-9-10-22-20(15-17)19(12-13-32(3)4)23(30-22)24(34)29-16-18-7-5-6-8-21(18)28/h5-10,15,30H,11-14,16,28H2,1-4H3,(H,29,34)(H,31,36). The number of rotatable bonds is 9. The molecule has 3 aromatic rings. The second kappa shape index (κ2) is 10.0. The summed E-state index contributed by atoms with van der Waals surface area (Å²) < 4.78 is 0. The highest BCUT2D eigenvalue weighted by Gasteiger charge is 2.43. The van der Waals surface area contributed by atoms with E-state index < -0.39 is 5.54 Å². The predicted octanol–water partition coefficient (Wildman–Crippen LogP) is 2.66. The van der Waals surface area contributed by atoms with Crippen LogP contribution in [0.15, 0.2) is 42.5 Å². The maximum Gasteiger partial charge on any atom is 0.325 e. The van der Waals surface area contributed by atoms with Crippen molar-refractivity contribution >= 4 is 34.4 Å². The molecule has 1 saturated heterocycles. The molecule has 0 spiro atoms. The molecule has 1 aliphatic rings. The van der Waals surface area contributed by atoms with Crippen molar-refractivity contribution in [1.82, 2.24) is 25.4 Å². The van der Waals surface area contributed by atoms with Gasteiger partial charge in [0.2, 0.25) is 0 Å². The lowest BCUT2D eigenvalue weighted by Crippen LogP contribution is -2.40. The van der Waals surface area contributed by atoms with Crippen molar-refractivity contribution in [2.75, 3.05) is 32.9 Å². The molecule has 0 bridgehead atoms. The zero-order valence-corrected chi connectivity index (χ0v) is 21.3. The number of hydrogen-bond acceptors (Lipinski definition) is 5. The fourth-order valence-electron chi connectivity index (χ4n) is 4.46. The van der Waals surface area contributed by atoms with Gasteiger partial charge in [0.15, 0.2) is 0 Å². The smallest absolute Gasteiger partial charge is 0.325 e. The minimum atomic E-state index is -0.881. The molecule has 0 radical (unpaired) electrons. The van der Waals surface area contributed by atoms with Crippen LogP contribution in [0.4, 0.5) is 10.5 Å². The summed E-state index contributed by atoms with van der Waals surface area (Å²) in [6.07, 6.45) is 1.21. The van der Waals surface area contributed by atoms with Crippen molar-refractivity contribution in [3.63, 3.8) is 0 Å². The number of amides is 4. The Hall–Kier alpha value is -3.85. The number of anilines is 1. The summed E-state index contributed by atoms with van der Waals surface area (Å²) in [5.41, 5.74) is 9.98. The number of fused-ring (bicyclic) bond motifs is 1. The van der Waals surface area contributed by atoms with Gasteiger partial charge in [0.05, 0.1) is 0 Å². The lowest BCUT2D eigenvalue weighted by atomic mass is 10.0. The van der Waals surface area contributed by atoms with Crippen LogP contribution < -0.4 is 16.4 Å². The summed E-state index contributed by atoms with van der Waals surface area (Å²) in [5, 5.41) is 6.67. The first kappa shape index (κ1) is 25.2. The second-order valence-electron chi connectivity index (χ2n) is 10.1. The topological polar surface area (TPSA) is 124 Å². The van der Waals surface area contributed by atoms with Crippen LogP contribution in [0.1, 0.15) is 41.0 Å². The number of H-pyrrole nitrogens is 1. The van der Waals surface area contributed by atoms with Crippen LogP contribution in [0.5, 0.6) is 0 Å². The number of nitrogen functional groups attached to an aromatic ring is 1. The fourth-order valence-corrected chi connectivity index (χ4v) is 4.46. The molecule has 4 rings (SSSR count). The Morgan fingerprint density at radius 3 is 2.53 bits per heavy atom. The van der Waals surface area contributed by atoms with E-state index in [1.165, 1.54) is 4.90 Å². The maximum absolute atomic E-state index is 13.2. The van der Waals surface area contributed by atoms with Crippen molar-refractivity contribution in [1.29, 1.82) is 0 Å². The van der Waals surface area contributed by atoms with Crippen LogP contribution in [0.2, 0.25) is 0 Å². The minimum Gasteiger partial charge on any atom is -0.398 e. The zero-order valence-electron chi connectivity index (χ0n) is 21.3. The highest BCUT2D eigenvalue weighted by Crippen LogP contribution is 2.26. The molecule has 9 nitrogen and oxygen atoms in total. The number of urea groups is 1. The summed E-state index contributed by atoms with van der Waals surface area (Å²) in [5.74, 6) is -0.411. The van der Waals surface area contributed by atoms with E-state index in [-0.39, 0.29) is 17.8 Å². The van der Waals surface area contributed by atoms with Crippen molar-refractivity contribution in [3.05, 3.63) is 64.8 Å². The Labute approximate surface area is 211 Å². The van der Waals surface area contributed by atoms with Gasteiger partial charge in [-0.05, 0) is 75.7 Å². The van der Waals surface area contributed by atoms with E-state index in [1.54, 1.807) is 13.8 Å². The number of para-hydroxylation sites is 1. The molecule has 1 aliphatic heterocycles. The Morgan fingerprint density at radius 2 is 1.86 bits per heavy atom. The maximum atomic E-state index is 13.2. The van der Waals surface area contributed by atoms with E-state index in [4.69, 9.17) is 5.73 Å². The van der Waals surface area contributed by atoms with Gasteiger partial charge in [-0.1, -0.05) is 24.3 Å². The number of benzene rings is 2. The molecule has 0 saturated carbocycles. The average Bonchev–Trinajstić information content (AvgIpc) is 3.28. The number of carbonyl (C=O) groups excluding carboxylic acids is 3. The van der Waals surface area contributed by atoms with Crippen LogP contribution in [0.25, 0.3) is 10.9 Å². The van der Waals surface area contributed by atoms with Crippen LogP contribution in [-0.4, -0.2) is 65.4 Å². The molecular formula is C27H34N6O3. The van der Waals surface area contributed by atoms with Crippen LogP contribution >= 0.6 is 0 Å². The number of nitrogens with two attached hydrogens (primary N) is 1. The van der Waals surface area contributed by atoms with Gasteiger partial charge in [0, 0.05) is 36.2 Å². The monoisotopic (exact) mass is 490 g/mol. The Morgan fingerprint density at radius 1 is 1.11 bits per heavy atom. The molecule has 4 amide bonds. The first-order valence-electron chi connectivity index (χ1n) is 12.1. The normalized spacial score (nSPS) is 15.1. The molecule has 9 heteroatoms. The summed E-state index contributed by atoms with van der Waals surface area (Å²) >= 11 is 0. The van der Waals surface area contributed by atoms with Gasteiger partial charge in [-0.2, -0.15) is 0 Å². The average molecular weight is 491 g/mol. The molecule has 1 fully saturated rings. The number of likely N-dealkylation sites (N-methyl/N-ethyl adjacent to an activating group) is 1. The lowest BCUT2D eigenvalue weighted by molar-refractivity contribution is -0.130. The van der Waals surface area contributed by atoms with Gasteiger partial charge in [-0.25, -0.2) is 4.79 Å². The summed E-state index contributed by atoms with van der Waals surface area (Å²) in [6, 6.07) is 13.1. The molecule has 2 aromatic carbocycles. The number of aromatic nitrogens is 1. The number of carbonyl (C=O) groups is 3. The quantitative estimate of drug-likeness (QED) is 0.271. The zero-order chi connectivity index (χ0) is 26.0. The third-order valence-electron chi connectivity index (χ3n) is 6.57. The van der Waals surface area contributed by atoms with E-state index in [0.717, 1.165) is 34.1 Å². The van der Waals surface area contributed by atoms with E-state index in [0.29, 0.717) is 37.3 Å². The minimum absolute atomic E-state index is 0.189. The number of imide groups is 1. The largest absolute Gasteiger partial charge is 0.398 e. The summed E-state index contributed by atoms with van der Waals surface area (Å²) in [4.78, 5) is 44.6. The van der Waals surface area contributed by atoms with Crippen LogP contribution in [-0.2, 0) is 24.2 Å². The van der Waals surface area contributed by atoms with E-state index in [9.17, 15) is 14.4 Å². The predicted molar refractivity (Wildman–Crippen MR) is 141 cm³/mol. The van der Waals surface area contributed by atoms with E-state index >= 15 is 0 Å². The molecule has 36 heavy (non-hydrogen) atoms. The lowest BCUT2D eigenvalue weighted by Gasteiger charge is -2.16. The molecule has 2 heterocycles. The van der Waals surface area contributed by atoms with Gasteiger partial charge in [-0.3, -0.25) is 14.5 Å². The first-order chi connectivity index (χ1) is 17.1. The van der Waals surface area contributed by atoms with E-state index in [2.05, 4.69) is 20.5 Å². The van der Waals surface area contributed by atoms with E-state index in [1.807, 2.05) is 56.6 Å². The van der Waals surface area contributed by atoms with Gasteiger partial charge in [0.1, 0.15) is 11.2 Å². The number of nitrogens with zero attached hydrogens (tertiary/aromatic N) is 2. The number of aromatic amines is 1. The molecule has 0 atom stereocenters. The van der Waals surface area contributed by atoms with Crippen LogP contribution in [0, 0.1) is 0 Å². The second-order valence-corrected chi connectivity index (χ2v) is 10.1. The molecule has 0 unspecified atom stereocenters. The highest BCUT2D eigenvalue weighted by atomic mass is 16.2. The molecule has 1 aromatic heterocycles. The third kappa shape index (κ3) is 5.21. The van der Waals surface area contributed by atoms with Gasteiger partial charge >= 0.3 is 6.03 Å². The fraction of sp³-hybridized carbons (Fsp3) is 0.370. The van der Waals surface area contributed by atoms with Gasteiger partial charge in [-0.15, -0.1) is 0 Å². The van der Waals surface area contributed by atoms with Gasteiger partial charge in [0.25, 0.3) is 11.8 Å². The Kier molecular flexibility index (Phi) is 7.03. The number of hydrogen-bond donors (Lipinski definition) is 4. The summed E-state index contributed by atoms with van der Waals surface area (Å²) in [7, 11) is 4.00. The number of nitrogens with one attached hydrogen (secondary N) is 3. The van der Waals surface area contributed by atoms with Gasteiger partial charge < -0.3 is 26.3 Å². The SMILES string of the molecule is CN(C)CCc1c(C(=O)NCc2ccccc2N)[nH]c2ccc(CCN3C(=O)NC(C)(C)C3=O)cc12. The molecule has 0 aliphatic carbocycles. The highest BCUT2D eigenvalue weighted by molar-refractivity contribution is 6.06. The third-order valence-corrected chi connectivity index (χ3v) is 6.57. The first-order valence-corrected chi connectivity index (χ1v) is 12.1.